The fourth-order valence-electron chi connectivity index (χ4n) is 3.51. The molecule has 3 rings (SSSR count). The predicted octanol–water partition coefficient (Wildman–Crippen LogP) is 4.07. The molecule has 0 radical (unpaired) electrons. The van der Waals surface area contributed by atoms with Crippen molar-refractivity contribution >= 4 is 11.7 Å². The number of hydrogen-bond donors (Lipinski definition) is 2. The summed E-state index contributed by atoms with van der Waals surface area (Å²) in [6.45, 7) is 3.54. The Balaban J connectivity index is 1.41. The van der Waals surface area contributed by atoms with Crippen LogP contribution in [0.25, 0.3) is 11.3 Å². The van der Waals surface area contributed by atoms with Crippen molar-refractivity contribution in [2.45, 2.75) is 44.9 Å². The number of H-pyrrole nitrogens is 1. The van der Waals surface area contributed by atoms with Gasteiger partial charge in [-0.2, -0.15) is 5.10 Å². The number of anilines is 1. The molecule has 0 bridgehead atoms. The first-order valence-electron chi connectivity index (χ1n) is 9.96. The summed E-state index contributed by atoms with van der Waals surface area (Å²) in [5.41, 5.74) is 1.73. The summed E-state index contributed by atoms with van der Waals surface area (Å²) < 4.78 is 5.24. The second-order valence-electron chi connectivity index (χ2n) is 7.16. The molecule has 2 N–H and O–H groups in total. The van der Waals surface area contributed by atoms with E-state index in [0.29, 0.717) is 12.2 Å². The lowest BCUT2D eigenvalue weighted by Gasteiger charge is -2.19. The molecule has 1 aliphatic heterocycles. The summed E-state index contributed by atoms with van der Waals surface area (Å²) in [5.74, 6) is 1.45. The van der Waals surface area contributed by atoms with Crippen LogP contribution >= 0.6 is 0 Å². The first-order chi connectivity index (χ1) is 13.2. The molecule has 2 aromatic rings. The van der Waals surface area contributed by atoms with Crippen molar-refractivity contribution in [1.29, 1.82) is 0 Å². The van der Waals surface area contributed by atoms with Crippen molar-refractivity contribution in [3.63, 3.8) is 0 Å². The fourth-order valence-corrected chi connectivity index (χ4v) is 3.51. The molecule has 146 valence electrons. The maximum atomic E-state index is 12.2. The van der Waals surface area contributed by atoms with Crippen LogP contribution in [-0.4, -0.2) is 47.7 Å². The molecule has 1 aromatic heterocycles. The van der Waals surface area contributed by atoms with Crippen molar-refractivity contribution in [1.82, 2.24) is 15.1 Å². The smallest absolute Gasteiger partial charge is 0.225 e. The lowest BCUT2D eigenvalue weighted by atomic mass is 10.1. The summed E-state index contributed by atoms with van der Waals surface area (Å²) in [4.78, 5) is 14.7. The number of rotatable bonds is 8. The number of nitrogens with zero attached hydrogens (tertiary/aromatic N) is 2. The minimum absolute atomic E-state index is 0.0340. The van der Waals surface area contributed by atoms with Gasteiger partial charge in [-0.1, -0.05) is 25.0 Å². The van der Waals surface area contributed by atoms with Gasteiger partial charge in [-0.3, -0.25) is 9.89 Å². The highest BCUT2D eigenvalue weighted by Crippen LogP contribution is 2.23. The average molecular weight is 370 g/mol. The zero-order valence-corrected chi connectivity index (χ0v) is 16.2. The number of aromatic nitrogens is 2. The van der Waals surface area contributed by atoms with E-state index in [-0.39, 0.29) is 5.91 Å². The molecule has 27 heavy (non-hydrogen) atoms. The van der Waals surface area contributed by atoms with Crippen LogP contribution in [0.15, 0.2) is 30.3 Å². The molecule has 2 heterocycles. The molecule has 1 aromatic carbocycles. The highest BCUT2D eigenvalue weighted by molar-refractivity contribution is 5.90. The van der Waals surface area contributed by atoms with E-state index in [1.54, 1.807) is 7.11 Å². The van der Waals surface area contributed by atoms with E-state index in [2.05, 4.69) is 20.4 Å². The number of methoxy groups -OCH3 is 1. The maximum absolute atomic E-state index is 12.2. The number of amides is 1. The molecule has 6 heteroatoms. The topological polar surface area (TPSA) is 70.2 Å². The SMILES string of the molecule is COc1cccc(-c2cc(NC(=O)CCCCN3CCCCCC3)[nH]n2)c1. The lowest BCUT2D eigenvalue weighted by molar-refractivity contribution is -0.116. The van der Waals surface area contributed by atoms with Gasteiger partial charge in [-0.25, -0.2) is 0 Å². The summed E-state index contributed by atoms with van der Waals surface area (Å²) in [5, 5.41) is 10.1. The molecule has 1 aliphatic rings. The second-order valence-corrected chi connectivity index (χ2v) is 7.16. The molecule has 1 fully saturated rings. The normalized spacial score (nSPS) is 15.3. The highest BCUT2D eigenvalue weighted by atomic mass is 16.5. The first-order valence-corrected chi connectivity index (χ1v) is 9.96. The highest BCUT2D eigenvalue weighted by Gasteiger charge is 2.10. The number of aromatic amines is 1. The Morgan fingerprint density at radius 3 is 2.78 bits per heavy atom. The van der Waals surface area contributed by atoms with E-state index >= 15 is 0 Å². The van der Waals surface area contributed by atoms with E-state index in [0.717, 1.165) is 36.4 Å². The van der Waals surface area contributed by atoms with Crippen LogP contribution < -0.4 is 10.1 Å². The Morgan fingerprint density at radius 1 is 1.19 bits per heavy atom. The third-order valence-corrected chi connectivity index (χ3v) is 5.04. The van der Waals surface area contributed by atoms with Gasteiger partial charge in [0.25, 0.3) is 0 Å². The Labute approximate surface area is 161 Å². The summed E-state index contributed by atoms with van der Waals surface area (Å²) in [7, 11) is 1.64. The molecule has 6 nitrogen and oxygen atoms in total. The van der Waals surface area contributed by atoms with Crippen LogP contribution in [0.2, 0.25) is 0 Å². The molecule has 0 spiro atoms. The molecule has 1 amide bonds. The number of carbonyl (C=O) groups excluding carboxylic acids is 1. The monoisotopic (exact) mass is 370 g/mol. The summed E-state index contributed by atoms with van der Waals surface area (Å²) >= 11 is 0. The minimum atomic E-state index is 0.0340. The quantitative estimate of drug-likeness (QED) is 0.687. The molecule has 0 unspecified atom stereocenters. The van der Waals surface area contributed by atoms with Crippen molar-refractivity contribution in [2.24, 2.45) is 0 Å². The van der Waals surface area contributed by atoms with Gasteiger partial charge in [0.15, 0.2) is 0 Å². The largest absolute Gasteiger partial charge is 0.497 e. The number of unbranched alkanes of at least 4 members (excludes halogenated alkanes) is 1. The maximum Gasteiger partial charge on any atom is 0.225 e. The number of hydrogen-bond acceptors (Lipinski definition) is 4. The van der Waals surface area contributed by atoms with Crippen LogP contribution in [0.3, 0.4) is 0 Å². The van der Waals surface area contributed by atoms with E-state index in [9.17, 15) is 4.79 Å². The van der Waals surface area contributed by atoms with Gasteiger partial charge in [-0.15, -0.1) is 0 Å². The molecule has 0 atom stereocenters. The number of benzene rings is 1. The van der Waals surface area contributed by atoms with Gasteiger partial charge >= 0.3 is 0 Å². The Kier molecular flexibility index (Phi) is 7.27. The second kappa shape index (κ2) is 10.1. The number of carbonyl (C=O) groups is 1. The first kappa shape index (κ1) is 19.4. The van der Waals surface area contributed by atoms with Crippen molar-refractivity contribution in [3.8, 4) is 17.0 Å². The van der Waals surface area contributed by atoms with E-state index in [4.69, 9.17) is 4.74 Å². The number of likely N-dealkylation sites (tertiary alicyclic amines) is 1. The summed E-state index contributed by atoms with van der Waals surface area (Å²) in [6, 6.07) is 9.55. The molecule has 0 saturated carbocycles. The van der Waals surface area contributed by atoms with E-state index < -0.39 is 0 Å². The van der Waals surface area contributed by atoms with Gasteiger partial charge < -0.3 is 15.0 Å². The zero-order valence-electron chi connectivity index (χ0n) is 16.2. The van der Waals surface area contributed by atoms with Crippen LogP contribution in [0, 0.1) is 0 Å². The average Bonchev–Trinajstić information content (AvgIpc) is 2.99. The summed E-state index contributed by atoms with van der Waals surface area (Å²) in [6.07, 6.45) is 7.89. The molecule has 1 saturated heterocycles. The van der Waals surface area contributed by atoms with Gasteiger partial charge in [0.05, 0.1) is 12.8 Å². The van der Waals surface area contributed by atoms with Crippen LogP contribution in [0.4, 0.5) is 5.82 Å². The third kappa shape index (κ3) is 6.10. The molecular weight excluding hydrogens is 340 g/mol. The third-order valence-electron chi connectivity index (χ3n) is 5.04. The predicted molar refractivity (Wildman–Crippen MR) is 108 cm³/mol. The minimum Gasteiger partial charge on any atom is -0.497 e. The number of nitrogens with one attached hydrogen (secondary N) is 2. The Morgan fingerprint density at radius 2 is 2.00 bits per heavy atom. The van der Waals surface area contributed by atoms with Gasteiger partial charge in [0.2, 0.25) is 5.91 Å². The van der Waals surface area contributed by atoms with Crippen molar-refractivity contribution in [2.75, 3.05) is 32.1 Å². The van der Waals surface area contributed by atoms with Gasteiger partial charge in [-0.05, 0) is 57.5 Å². The van der Waals surface area contributed by atoms with E-state index in [1.807, 2.05) is 30.3 Å². The van der Waals surface area contributed by atoms with Crippen LogP contribution in [0.5, 0.6) is 5.75 Å². The van der Waals surface area contributed by atoms with Gasteiger partial charge in [0.1, 0.15) is 11.6 Å². The Hall–Kier alpha value is -2.34. The lowest BCUT2D eigenvalue weighted by Crippen LogP contribution is -2.25. The van der Waals surface area contributed by atoms with Gasteiger partial charge in [0, 0.05) is 18.1 Å². The van der Waals surface area contributed by atoms with E-state index in [1.165, 1.54) is 38.8 Å². The zero-order chi connectivity index (χ0) is 18.9. The Bertz CT molecular complexity index is 720. The molecule has 0 aliphatic carbocycles. The standard InChI is InChI=1S/C21H30N4O2/c1-27-18-10-8-9-17(15-18)19-16-20(24-23-19)22-21(26)11-4-7-14-25-12-5-2-3-6-13-25/h8-10,15-16H,2-7,11-14H2,1H3,(H2,22,23,24,26). The molecular formula is C21H30N4O2. The number of ether oxygens (including phenoxy) is 1. The van der Waals surface area contributed by atoms with Crippen LogP contribution in [0.1, 0.15) is 44.9 Å². The fraction of sp³-hybridized carbons (Fsp3) is 0.524. The van der Waals surface area contributed by atoms with Crippen molar-refractivity contribution < 1.29 is 9.53 Å². The van der Waals surface area contributed by atoms with Crippen LogP contribution in [-0.2, 0) is 4.79 Å². The van der Waals surface area contributed by atoms with Crippen molar-refractivity contribution in [3.05, 3.63) is 30.3 Å².